The summed E-state index contributed by atoms with van der Waals surface area (Å²) in [5.41, 5.74) is 6.32. The van der Waals surface area contributed by atoms with Crippen molar-refractivity contribution in [3.05, 3.63) is 29.8 Å². The average Bonchev–Trinajstić information content (AvgIpc) is 2.26. The molecule has 0 fully saturated rings. The fraction of sp³-hybridized carbons (Fsp3) is 0.364. The second-order valence-corrected chi connectivity index (χ2v) is 3.32. The van der Waals surface area contributed by atoms with Crippen molar-refractivity contribution in [3.8, 4) is 5.75 Å². The van der Waals surface area contributed by atoms with Crippen molar-refractivity contribution in [2.75, 3.05) is 13.7 Å². The van der Waals surface area contributed by atoms with E-state index in [1.54, 1.807) is 7.11 Å². The van der Waals surface area contributed by atoms with Crippen molar-refractivity contribution in [1.82, 2.24) is 0 Å². The molecule has 4 nitrogen and oxygen atoms in total. The lowest BCUT2D eigenvalue weighted by Gasteiger charge is -2.09. The molecule has 82 valence electrons. The molecule has 3 N–H and O–H groups in total. The summed E-state index contributed by atoms with van der Waals surface area (Å²) < 4.78 is 5.01. The molecule has 1 unspecified atom stereocenters. The van der Waals surface area contributed by atoms with Crippen LogP contribution in [0.5, 0.6) is 5.75 Å². The van der Waals surface area contributed by atoms with Crippen molar-refractivity contribution in [2.24, 2.45) is 11.7 Å². The molecule has 0 radical (unpaired) electrons. The largest absolute Gasteiger partial charge is 0.497 e. The Morgan fingerprint density at radius 2 is 2.07 bits per heavy atom. The molecule has 0 aromatic heterocycles. The van der Waals surface area contributed by atoms with E-state index < -0.39 is 11.9 Å². The number of ether oxygens (including phenoxy) is 1. The van der Waals surface area contributed by atoms with E-state index in [4.69, 9.17) is 15.6 Å². The second kappa shape index (κ2) is 5.36. The lowest BCUT2D eigenvalue weighted by Crippen LogP contribution is -2.25. The van der Waals surface area contributed by atoms with Crippen LogP contribution in [0.4, 0.5) is 0 Å². The van der Waals surface area contributed by atoms with Gasteiger partial charge in [-0.25, -0.2) is 0 Å². The van der Waals surface area contributed by atoms with Gasteiger partial charge in [0, 0.05) is 6.54 Å². The van der Waals surface area contributed by atoms with E-state index in [0.29, 0.717) is 6.42 Å². The van der Waals surface area contributed by atoms with Gasteiger partial charge >= 0.3 is 5.97 Å². The van der Waals surface area contributed by atoms with Crippen LogP contribution in [-0.4, -0.2) is 24.7 Å². The highest BCUT2D eigenvalue weighted by Crippen LogP contribution is 2.14. The average molecular weight is 209 g/mol. The molecule has 1 aromatic rings. The maximum absolute atomic E-state index is 10.8. The number of hydrogen-bond acceptors (Lipinski definition) is 3. The van der Waals surface area contributed by atoms with Crippen LogP contribution in [0.1, 0.15) is 5.56 Å². The Hall–Kier alpha value is -1.55. The van der Waals surface area contributed by atoms with E-state index in [-0.39, 0.29) is 6.54 Å². The lowest BCUT2D eigenvalue weighted by molar-refractivity contribution is -0.141. The zero-order valence-corrected chi connectivity index (χ0v) is 8.64. The number of carboxylic acid groups (broad SMARTS) is 1. The minimum Gasteiger partial charge on any atom is -0.497 e. The molecule has 0 amide bonds. The van der Waals surface area contributed by atoms with Crippen LogP contribution in [0.25, 0.3) is 0 Å². The molecule has 0 aliphatic carbocycles. The predicted octanol–water partition coefficient (Wildman–Crippen LogP) is 0.897. The molecule has 1 aromatic carbocycles. The molecule has 0 saturated carbocycles. The van der Waals surface area contributed by atoms with Crippen LogP contribution in [0.3, 0.4) is 0 Å². The Morgan fingerprint density at radius 1 is 1.47 bits per heavy atom. The summed E-state index contributed by atoms with van der Waals surface area (Å²) in [7, 11) is 1.59. The van der Waals surface area contributed by atoms with Gasteiger partial charge in [0.25, 0.3) is 0 Å². The topological polar surface area (TPSA) is 72.5 Å². The number of hydrogen-bond donors (Lipinski definition) is 2. The predicted molar refractivity (Wildman–Crippen MR) is 56.9 cm³/mol. The molecule has 4 heteroatoms. The molecular weight excluding hydrogens is 194 g/mol. The standard InChI is InChI=1S/C11H15NO3/c1-15-10-4-2-8(3-5-10)6-9(7-12)11(13)14/h2-5,9H,6-7,12H2,1H3,(H,13,14). The second-order valence-electron chi connectivity index (χ2n) is 3.32. The van der Waals surface area contributed by atoms with Crippen LogP contribution in [0.2, 0.25) is 0 Å². The quantitative estimate of drug-likeness (QED) is 0.755. The zero-order valence-electron chi connectivity index (χ0n) is 8.64. The lowest BCUT2D eigenvalue weighted by atomic mass is 10.00. The highest BCUT2D eigenvalue weighted by Gasteiger charge is 2.15. The van der Waals surface area contributed by atoms with Crippen LogP contribution >= 0.6 is 0 Å². The van der Waals surface area contributed by atoms with Crippen LogP contribution in [-0.2, 0) is 11.2 Å². The Morgan fingerprint density at radius 3 is 2.47 bits per heavy atom. The highest BCUT2D eigenvalue weighted by molar-refractivity contribution is 5.70. The van der Waals surface area contributed by atoms with Gasteiger partial charge in [-0.05, 0) is 24.1 Å². The molecule has 1 rings (SSSR count). The Bertz CT molecular complexity index is 321. The number of methoxy groups -OCH3 is 1. The third-order valence-corrected chi connectivity index (χ3v) is 2.27. The summed E-state index contributed by atoms with van der Waals surface area (Å²) in [4.78, 5) is 10.8. The number of nitrogens with two attached hydrogens (primary N) is 1. The fourth-order valence-corrected chi connectivity index (χ4v) is 1.32. The van der Waals surface area contributed by atoms with E-state index in [9.17, 15) is 4.79 Å². The third-order valence-electron chi connectivity index (χ3n) is 2.27. The normalized spacial score (nSPS) is 12.1. The van der Waals surface area contributed by atoms with Gasteiger partial charge in [-0.15, -0.1) is 0 Å². The molecule has 0 aliphatic rings. The van der Waals surface area contributed by atoms with Gasteiger partial charge < -0.3 is 15.6 Å². The molecule has 0 saturated heterocycles. The Kier molecular flexibility index (Phi) is 4.12. The van der Waals surface area contributed by atoms with Crippen molar-refractivity contribution in [1.29, 1.82) is 0 Å². The number of carboxylic acids is 1. The SMILES string of the molecule is COc1ccc(CC(CN)C(=O)O)cc1. The van der Waals surface area contributed by atoms with Crippen molar-refractivity contribution in [2.45, 2.75) is 6.42 Å². The van der Waals surface area contributed by atoms with Gasteiger partial charge in [-0.2, -0.15) is 0 Å². The maximum atomic E-state index is 10.8. The van der Waals surface area contributed by atoms with Gasteiger partial charge in [-0.3, -0.25) is 4.79 Å². The number of aliphatic carboxylic acids is 1. The molecule has 0 spiro atoms. The first-order chi connectivity index (χ1) is 7.17. The van der Waals surface area contributed by atoms with Gasteiger partial charge in [0.05, 0.1) is 13.0 Å². The summed E-state index contributed by atoms with van der Waals surface area (Å²) in [5.74, 6) is -0.606. The van der Waals surface area contributed by atoms with E-state index >= 15 is 0 Å². The minimum absolute atomic E-state index is 0.154. The first-order valence-electron chi connectivity index (χ1n) is 4.73. The molecule has 0 heterocycles. The van der Waals surface area contributed by atoms with E-state index in [1.807, 2.05) is 24.3 Å². The molecule has 15 heavy (non-hydrogen) atoms. The van der Waals surface area contributed by atoms with Crippen LogP contribution in [0.15, 0.2) is 24.3 Å². The zero-order chi connectivity index (χ0) is 11.3. The maximum Gasteiger partial charge on any atom is 0.308 e. The van der Waals surface area contributed by atoms with E-state index in [1.165, 1.54) is 0 Å². The third kappa shape index (κ3) is 3.25. The van der Waals surface area contributed by atoms with E-state index in [2.05, 4.69) is 0 Å². The molecule has 0 aliphatic heterocycles. The molecule has 0 bridgehead atoms. The summed E-state index contributed by atoms with van der Waals surface area (Å²) >= 11 is 0. The summed E-state index contributed by atoms with van der Waals surface area (Å²) in [6, 6.07) is 7.32. The van der Waals surface area contributed by atoms with Crippen LogP contribution in [0, 0.1) is 5.92 Å². The summed E-state index contributed by atoms with van der Waals surface area (Å²) in [6.45, 7) is 0.154. The number of rotatable bonds is 5. The highest BCUT2D eigenvalue weighted by atomic mass is 16.5. The number of carbonyl (C=O) groups is 1. The monoisotopic (exact) mass is 209 g/mol. The molecule has 1 atom stereocenters. The van der Waals surface area contributed by atoms with E-state index in [0.717, 1.165) is 11.3 Å². The number of benzene rings is 1. The molecular formula is C11H15NO3. The van der Waals surface area contributed by atoms with Gasteiger partial charge in [0.1, 0.15) is 5.75 Å². The van der Waals surface area contributed by atoms with Gasteiger partial charge in [-0.1, -0.05) is 12.1 Å². The summed E-state index contributed by atoms with van der Waals surface area (Å²) in [5, 5.41) is 8.83. The fourth-order valence-electron chi connectivity index (χ4n) is 1.32. The smallest absolute Gasteiger partial charge is 0.308 e. The van der Waals surface area contributed by atoms with Crippen molar-refractivity contribution < 1.29 is 14.6 Å². The van der Waals surface area contributed by atoms with Gasteiger partial charge in [0.15, 0.2) is 0 Å². The summed E-state index contributed by atoms with van der Waals surface area (Å²) in [6.07, 6.45) is 0.454. The van der Waals surface area contributed by atoms with Crippen molar-refractivity contribution >= 4 is 5.97 Å². The Labute approximate surface area is 88.7 Å². The minimum atomic E-state index is -0.853. The van der Waals surface area contributed by atoms with Crippen LogP contribution < -0.4 is 10.5 Å². The first kappa shape index (κ1) is 11.5. The Balaban J connectivity index is 2.67. The first-order valence-corrected chi connectivity index (χ1v) is 4.73. The van der Waals surface area contributed by atoms with Crippen molar-refractivity contribution in [3.63, 3.8) is 0 Å². The van der Waals surface area contributed by atoms with Gasteiger partial charge in [0.2, 0.25) is 0 Å².